The molecular weight excluding hydrogens is 517 g/mol. The Kier molecular flexibility index (Phi) is 8.29. The van der Waals surface area contributed by atoms with E-state index in [9.17, 15) is 4.79 Å². The molecule has 3 aromatic rings. The number of hydrogen-bond acceptors (Lipinski definition) is 4. The second kappa shape index (κ2) is 10.9. The molecule has 0 aliphatic heterocycles. The van der Waals surface area contributed by atoms with Crippen LogP contribution in [0.5, 0.6) is 11.5 Å². The number of hydrogen-bond donors (Lipinski definition) is 2. The van der Waals surface area contributed by atoms with Crippen molar-refractivity contribution in [3.8, 4) is 11.5 Å². The highest BCUT2D eigenvalue weighted by Gasteiger charge is 2.14. The van der Waals surface area contributed by atoms with Gasteiger partial charge in [-0.15, -0.1) is 0 Å². The lowest BCUT2D eigenvalue weighted by Crippen LogP contribution is -2.05. The Morgan fingerprint density at radius 3 is 2.47 bits per heavy atom. The van der Waals surface area contributed by atoms with Gasteiger partial charge in [-0.25, -0.2) is 4.79 Å². The molecule has 0 aromatic heterocycles. The molecule has 0 aliphatic carbocycles. The Labute approximate surface area is 205 Å². The molecule has 168 valence electrons. The summed E-state index contributed by atoms with van der Waals surface area (Å²) in [5, 5.41) is 13.4. The molecule has 0 saturated carbocycles. The monoisotopic (exact) mass is 537 g/mol. The SMILES string of the molecule is CCOc1cc(CNc2ccc(C(=O)O)cc2C)cc(Br)c1OCc1ccc(Cl)c(Cl)c1. The maximum atomic E-state index is 11.1. The van der Waals surface area contributed by atoms with Gasteiger partial charge in [-0.2, -0.15) is 0 Å². The van der Waals surface area contributed by atoms with Gasteiger partial charge in [0.05, 0.1) is 26.7 Å². The number of aromatic carboxylic acids is 1. The van der Waals surface area contributed by atoms with E-state index in [0.29, 0.717) is 41.3 Å². The number of anilines is 1. The molecule has 0 fully saturated rings. The third kappa shape index (κ3) is 6.09. The minimum absolute atomic E-state index is 0.262. The van der Waals surface area contributed by atoms with Gasteiger partial charge >= 0.3 is 5.97 Å². The van der Waals surface area contributed by atoms with Crippen LogP contribution in [0.15, 0.2) is 53.0 Å². The van der Waals surface area contributed by atoms with Crippen LogP contribution in [0.4, 0.5) is 5.69 Å². The Balaban J connectivity index is 1.76. The zero-order valence-electron chi connectivity index (χ0n) is 17.5. The van der Waals surface area contributed by atoms with Crippen molar-refractivity contribution in [1.82, 2.24) is 0 Å². The molecule has 0 radical (unpaired) electrons. The summed E-state index contributed by atoms with van der Waals surface area (Å²) in [6, 6.07) is 14.2. The molecule has 2 N–H and O–H groups in total. The molecule has 3 rings (SSSR count). The van der Waals surface area contributed by atoms with Gasteiger partial charge < -0.3 is 19.9 Å². The number of ether oxygens (including phenoxy) is 2. The maximum Gasteiger partial charge on any atom is 0.335 e. The van der Waals surface area contributed by atoms with Crippen molar-refractivity contribution in [2.24, 2.45) is 0 Å². The van der Waals surface area contributed by atoms with E-state index >= 15 is 0 Å². The summed E-state index contributed by atoms with van der Waals surface area (Å²) in [6.45, 7) is 5.11. The molecule has 0 amide bonds. The second-order valence-electron chi connectivity index (χ2n) is 7.06. The normalized spacial score (nSPS) is 10.7. The van der Waals surface area contributed by atoms with E-state index in [1.54, 1.807) is 30.3 Å². The third-order valence-corrected chi connectivity index (χ3v) is 6.02. The number of rotatable bonds is 9. The molecule has 5 nitrogen and oxygen atoms in total. The Morgan fingerprint density at radius 1 is 1.03 bits per heavy atom. The molecule has 0 heterocycles. The predicted octanol–water partition coefficient (Wildman–Crippen LogP) is 7.35. The summed E-state index contributed by atoms with van der Waals surface area (Å²) in [5.41, 5.74) is 3.85. The van der Waals surface area contributed by atoms with Crippen molar-refractivity contribution in [3.63, 3.8) is 0 Å². The molecule has 32 heavy (non-hydrogen) atoms. The van der Waals surface area contributed by atoms with Gasteiger partial charge in [0.2, 0.25) is 0 Å². The lowest BCUT2D eigenvalue weighted by Gasteiger charge is -2.17. The van der Waals surface area contributed by atoms with Crippen molar-refractivity contribution in [3.05, 3.63) is 85.3 Å². The number of benzene rings is 3. The number of carboxylic acids is 1. The van der Waals surface area contributed by atoms with Crippen molar-refractivity contribution >= 4 is 50.8 Å². The number of carboxylic acid groups (broad SMARTS) is 1. The second-order valence-corrected chi connectivity index (χ2v) is 8.73. The average Bonchev–Trinajstić information content (AvgIpc) is 2.74. The predicted molar refractivity (Wildman–Crippen MR) is 132 cm³/mol. The fraction of sp³-hybridized carbons (Fsp3) is 0.208. The first-order valence-electron chi connectivity index (χ1n) is 9.88. The van der Waals surface area contributed by atoms with Gasteiger partial charge in [0.1, 0.15) is 6.61 Å². The van der Waals surface area contributed by atoms with Crippen molar-refractivity contribution in [2.75, 3.05) is 11.9 Å². The highest BCUT2D eigenvalue weighted by atomic mass is 79.9. The van der Waals surface area contributed by atoms with Crippen molar-refractivity contribution in [1.29, 1.82) is 0 Å². The Bertz CT molecular complexity index is 1140. The topological polar surface area (TPSA) is 67.8 Å². The Morgan fingerprint density at radius 2 is 1.81 bits per heavy atom. The molecule has 0 unspecified atom stereocenters. The lowest BCUT2D eigenvalue weighted by atomic mass is 10.1. The molecule has 3 aromatic carbocycles. The van der Waals surface area contributed by atoms with E-state index in [1.807, 2.05) is 32.0 Å². The molecule has 8 heteroatoms. The van der Waals surface area contributed by atoms with Crippen molar-refractivity contribution in [2.45, 2.75) is 27.0 Å². The fourth-order valence-corrected chi connectivity index (χ4v) is 4.03. The van der Waals surface area contributed by atoms with Gasteiger partial charge in [-0.1, -0.05) is 29.3 Å². The van der Waals surface area contributed by atoms with Gasteiger partial charge in [0.25, 0.3) is 0 Å². The smallest absolute Gasteiger partial charge is 0.335 e. The van der Waals surface area contributed by atoms with Gasteiger partial charge in [-0.05, 0) is 88.9 Å². The van der Waals surface area contributed by atoms with Gasteiger partial charge in [0, 0.05) is 12.2 Å². The number of aryl methyl sites for hydroxylation is 1. The quantitative estimate of drug-likeness (QED) is 0.298. The van der Waals surface area contributed by atoms with Gasteiger partial charge in [0.15, 0.2) is 11.5 Å². The lowest BCUT2D eigenvalue weighted by molar-refractivity contribution is 0.0697. The summed E-state index contributed by atoms with van der Waals surface area (Å²) >= 11 is 15.7. The van der Waals surface area contributed by atoms with E-state index < -0.39 is 5.97 Å². The van der Waals surface area contributed by atoms with E-state index in [0.717, 1.165) is 26.9 Å². The minimum atomic E-state index is -0.943. The molecule has 0 atom stereocenters. The summed E-state index contributed by atoms with van der Waals surface area (Å²) in [6.07, 6.45) is 0. The van der Waals surface area contributed by atoms with Crippen LogP contribution in [0.2, 0.25) is 10.0 Å². The summed E-state index contributed by atoms with van der Waals surface area (Å²) < 4.78 is 12.6. The highest BCUT2D eigenvalue weighted by molar-refractivity contribution is 9.10. The molecule has 0 aliphatic rings. The van der Waals surface area contributed by atoms with E-state index in [1.165, 1.54) is 0 Å². The Hall–Kier alpha value is -2.41. The summed E-state index contributed by atoms with van der Waals surface area (Å²) in [4.78, 5) is 11.1. The van der Waals surface area contributed by atoms with Crippen LogP contribution in [0.25, 0.3) is 0 Å². The van der Waals surface area contributed by atoms with Crippen LogP contribution in [0.1, 0.15) is 34.0 Å². The van der Waals surface area contributed by atoms with Crippen LogP contribution < -0.4 is 14.8 Å². The fourth-order valence-electron chi connectivity index (χ4n) is 3.10. The standard InChI is InChI=1S/C24H22BrCl2NO4/c1-3-31-22-11-16(12-28-21-7-5-17(24(29)30)8-14(21)2)9-18(25)23(22)32-13-15-4-6-19(26)20(27)10-15/h4-11,28H,3,12-13H2,1-2H3,(H,29,30). The zero-order valence-corrected chi connectivity index (χ0v) is 20.6. The number of halogens is 3. The van der Waals surface area contributed by atoms with E-state index in [2.05, 4.69) is 21.2 Å². The summed E-state index contributed by atoms with van der Waals surface area (Å²) in [5.74, 6) is 0.279. The highest BCUT2D eigenvalue weighted by Crippen LogP contribution is 2.38. The molecule has 0 bridgehead atoms. The van der Waals surface area contributed by atoms with Crippen LogP contribution in [0, 0.1) is 6.92 Å². The zero-order chi connectivity index (χ0) is 23.3. The van der Waals surface area contributed by atoms with E-state index in [-0.39, 0.29) is 5.56 Å². The number of nitrogens with one attached hydrogen (secondary N) is 1. The molecule has 0 spiro atoms. The minimum Gasteiger partial charge on any atom is -0.490 e. The van der Waals surface area contributed by atoms with Crippen LogP contribution >= 0.6 is 39.1 Å². The van der Waals surface area contributed by atoms with Crippen LogP contribution in [0.3, 0.4) is 0 Å². The first-order chi connectivity index (χ1) is 15.3. The van der Waals surface area contributed by atoms with Crippen LogP contribution in [-0.4, -0.2) is 17.7 Å². The maximum absolute atomic E-state index is 11.1. The average molecular weight is 539 g/mol. The molecule has 0 saturated heterocycles. The van der Waals surface area contributed by atoms with Crippen molar-refractivity contribution < 1.29 is 19.4 Å². The molecular formula is C24H22BrCl2NO4. The van der Waals surface area contributed by atoms with Crippen LogP contribution in [-0.2, 0) is 13.2 Å². The first-order valence-corrected chi connectivity index (χ1v) is 11.4. The largest absolute Gasteiger partial charge is 0.490 e. The third-order valence-electron chi connectivity index (χ3n) is 4.69. The first kappa shape index (κ1) is 24.2. The summed E-state index contributed by atoms with van der Waals surface area (Å²) in [7, 11) is 0. The van der Waals surface area contributed by atoms with Gasteiger partial charge in [-0.3, -0.25) is 0 Å². The van der Waals surface area contributed by atoms with E-state index in [4.69, 9.17) is 37.8 Å². The number of carbonyl (C=O) groups is 1.